The third-order valence-electron chi connectivity index (χ3n) is 6.16. The summed E-state index contributed by atoms with van der Waals surface area (Å²) in [6.07, 6.45) is 4.23. The average Bonchev–Trinajstić information content (AvgIpc) is 2.85. The summed E-state index contributed by atoms with van der Waals surface area (Å²) in [6.45, 7) is 3.58. The van der Waals surface area contributed by atoms with Crippen LogP contribution in [0.15, 0.2) is 54.7 Å². The first kappa shape index (κ1) is 22.7. The number of aromatic nitrogens is 2. The van der Waals surface area contributed by atoms with E-state index in [0.29, 0.717) is 25.5 Å². The van der Waals surface area contributed by atoms with Gasteiger partial charge in [0.2, 0.25) is 5.88 Å². The zero-order valence-corrected chi connectivity index (χ0v) is 19.0. The number of carboxylic acid groups (broad SMARTS) is 1. The minimum atomic E-state index is -0.789. The van der Waals surface area contributed by atoms with Crippen molar-refractivity contribution >= 4 is 5.97 Å². The van der Waals surface area contributed by atoms with Crippen molar-refractivity contribution in [2.24, 2.45) is 0 Å². The Labute approximate surface area is 194 Å². The second-order valence-corrected chi connectivity index (χ2v) is 8.25. The van der Waals surface area contributed by atoms with Crippen LogP contribution in [0, 0.1) is 6.92 Å². The van der Waals surface area contributed by atoms with Gasteiger partial charge in [0, 0.05) is 18.3 Å². The van der Waals surface area contributed by atoms with Crippen LogP contribution in [0.25, 0.3) is 11.1 Å². The molecule has 1 N–H and O–H groups in total. The summed E-state index contributed by atoms with van der Waals surface area (Å²) in [5, 5.41) is 9.53. The molecular formula is C26H29N3O4. The minimum Gasteiger partial charge on any atom is -0.481 e. The maximum Gasteiger partial charge on any atom is 0.320 e. The predicted molar refractivity (Wildman–Crippen MR) is 125 cm³/mol. The topological polar surface area (TPSA) is 84.8 Å². The van der Waals surface area contributed by atoms with Gasteiger partial charge in [-0.05, 0) is 48.6 Å². The Bertz CT molecular complexity index is 1100. The molecule has 0 unspecified atom stereocenters. The number of rotatable bonds is 8. The van der Waals surface area contributed by atoms with Crippen LogP contribution >= 0.6 is 0 Å². The lowest BCUT2D eigenvalue weighted by atomic mass is 9.97. The molecule has 0 saturated carbocycles. The third kappa shape index (κ3) is 5.31. The molecular weight excluding hydrogens is 418 g/mol. The Morgan fingerprint density at radius 1 is 1.12 bits per heavy atom. The summed E-state index contributed by atoms with van der Waals surface area (Å²) in [7, 11) is 1.55. The van der Waals surface area contributed by atoms with Gasteiger partial charge in [-0.15, -0.1) is 0 Å². The highest BCUT2D eigenvalue weighted by molar-refractivity contribution is 5.73. The molecule has 0 amide bonds. The number of carbonyl (C=O) groups is 1. The van der Waals surface area contributed by atoms with Gasteiger partial charge in [-0.1, -0.05) is 55.0 Å². The van der Waals surface area contributed by atoms with Crippen molar-refractivity contribution in [3.8, 4) is 23.0 Å². The molecule has 0 radical (unpaired) electrons. The van der Waals surface area contributed by atoms with Gasteiger partial charge in [-0.25, -0.2) is 4.98 Å². The number of likely N-dealkylation sites (tertiary alicyclic amines) is 1. The second kappa shape index (κ2) is 10.4. The average molecular weight is 448 g/mol. The third-order valence-corrected chi connectivity index (χ3v) is 6.16. The highest BCUT2D eigenvalue weighted by Gasteiger charge is 2.29. The van der Waals surface area contributed by atoms with E-state index in [1.165, 1.54) is 5.56 Å². The Morgan fingerprint density at radius 3 is 2.70 bits per heavy atom. The van der Waals surface area contributed by atoms with Crippen molar-refractivity contribution in [1.29, 1.82) is 0 Å². The highest BCUT2D eigenvalue weighted by atomic mass is 16.5. The largest absolute Gasteiger partial charge is 0.481 e. The monoisotopic (exact) mass is 447 g/mol. The summed E-state index contributed by atoms with van der Waals surface area (Å²) in [6, 6.07) is 16.2. The number of benzene rings is 2. The van der Waals surface area contributed by atoms with Gasteiger partial charge < -0.3 is 14.6 Å². The number of methoxy groups -OCH3 is 1. The SMILES string of the molecule is COc1nc(OCc2cccc(-c3ccccc3)c2C)ncc1CN1CCCC[C@@H]1C(=O)O. The van der Waals surface area contributed by atoms with E-state index in [1.807, 2.05) is 35.2 Å². The van der Waals surface area contributed by atoms with Crippen LogP contribution in [0.5, 0.6) is 11.9 Å². The molecule has 7 nitrogen and oxygen atoms in total. The van der Waals surface area contributed by atoms with Crippen molar-refractivity contribution in [2.45, 2.75) is 45.4 Å². The first-order valence-corrected chi connectivity index (χ1v) is 11.2. The van der Waals surface area contributed by atoms with Crippen molar-refractivity contribution in [3.05, 3.63) is 71.4 Å². The van der Waals surface area contributed by atoms with Gasteiger partial charge in [0.1, 0.15) is 12.6 Å². The molecule has 1 aliphatic rings. The van der Waals surface area contributed by atoms with Crippen LogP contribution in [0.1, 0.15) is 36.0 Å². The quantitative estimate of drug-likeness (QED) is 0.545. The van der Waals surface area contributed by atoms with Crippen molar-refractivity contribution in [1.82, 2.24) is 14.9 Å². The van der Waals surface area contributed by atoms with E-state index in [4.69, 9.17) is 9.47 Å². The van der Waals surface area contributed by atoms with E-state index >= 15 is 0 Å². The number of carboxylic acids is 1. The van der Waals surface area contributed by atoms with Crippen molar-refractivity contribution in [2.75, 3.05) is 13.7 Å². The van der Waals surface area contributed by atoms with E-state index in [-0.39, 0.29) is 6.01 Å². The first-order valence-electron chi connectivity index (χ1n) is 11.2. The summed E-state index contributed by atoms with van der Waals surface area (Å²) in [5.41, 5.74) is 5.29. The summed E-state index contributed by atoms with van der Waals surface area (Å²) in [4.78, 5) is 22.3. The van der Waals surface area contributed by atoms with Gasteiger partial charge in [-0.3, -0.25) is 9.69 Å². The highest BCUT2D eigenvalue weighted by Crippen LogP contribution is 2.27. The molecule has 3 aromatic rings. The molecule has 0 spiro atoms. The number of nitrogens with zero attached hydrogens (tertiary/aromatic N) is 3. The van der Waals surface area contributed by atoms with Gasteiger partial charge in [0.15, 0.2) is 0 Å². The molecule has 33 heavy (non-hydrogen) atoms. The molecule has 1 fully saturated rings. The standard InChI is InChI=1S/C26H29N3O4/c1-18-20(11-8-12-22(18)19-9-4-3-5-10-19)17-33-26-27-15-21(24(28-26)32-2)16-29-14-7-6-13-23(29)25(30)31/h3-5,8-12,15,23H,6-7,13-14,16-17H2,1-2H3,(H,30,31)/t23-/m1/s1. The maximum absolute atomic E-state index is 11.6. The molecule has 4 rings (SSSR count). The molecule has 0 bridgehead atoms. The van der Waals surface area contributed by atoms with Crippen LogP contribution in [0.3, 0.4) is 0 Å². The Morgan fingerprint density at radius 2 is 1.94 bits per heavy atom. The lowest BCUT2D eigenvalue weighted by Crippen LogP contribution is -2.44. The molecule has 2 aromatic carbocycles. The fourth-order valence-corrected chi connectivity index (χ4v) is 4.32. The Kier molecular flexibility index (Phi) is 7.19. The van der Waals surface area contributed by atoms with Crippen molar-refractivity contribution in [3.63, 3.8) is 0 Å². The molecule has 172 valence electrons. The van der Waals surface area contributed by atoms with Gasteiger partial charge in [0.05, 0.1) is 7.11 Å². The number of aliphatic carboxylic acids is 1. The first-order chi connectivity index (χ1) is 16.1. The lowest BCUT2D eigenvalue weighted by Gasteiger charge is -2.32. The van der Waals surface area contributed by atoms with E-state index in [2.05, 4.69) is 35.1 Å². The Hall–Kier alpha value is -3.45. The lowest BCUT2D eigenvalue weighted by molar-refractivity contribution is -0.144. The van der Waals surface area contributed by atoms with E-state index < -0.39 is 12.0 Å². The molecule has 1 saturated heterocycles. The predicted octanol–water partition coefficient (Wildman–Crippen LogP) is 4.48. The van der Waals surface area contributed by atoms with Gasteiger partial charge in [0.25, 0.3) is 0 Å². The van der Waals surface area contributed by atoms with Crippen molar-refractivity contribution < 1.29 is 19.4 Å². The van der Waals surface area contributed by atoms with Gasteiger partial charge in [-0.2, -0.15) is 4.98 Å². The number of hydrogen-bond donors (Lipinski definition) is 1. The smallest absolute Gasteiger partial charge is 0.320 e. The zero-order chi connectivity index (χ0) is 23.2. The van der Waals surface area contributed by atoms with Crippen LogP contribution in [-0.4, -0.2) is 45.6 Å². The normalized spacial score (nSPS) is 16.4. The number of ether oxygens (including phenoxy) is 2. The number of piperidine rings is 1. The molecule has 1 aliphatic heterocycles. The fraction of sp³-hybridized carbons (Fsp3) is 0.346. The minimum absolute atomic E-state index is 0.230. The second-order valence-electron chi connectivity index (χ2n) is 8.25. The van der Waals surface area contributed by atoms with E-state index in [1.54, 1.807) is 13.3 Å². The fourth-order valence-electron chi connectivity index (χ4n) is 4.32. The maximum atomic E-state index is 11.6. The van der Waals surface area contributed by atoms with Crippen LogP contribution in [0.4, 0.5) is 0 Å². The Balaban J connectivity index is 1.47. The molecule has 1 aromatic heterocycles. The summed E-state index contributed by atoms with van der Waals surface area (Å²) < 4.78 is 11.4. The molecule has 2 heterocycles. The van der Waals surface area contributed by atoms with E-state index in [0.717, 1.165) is 41.6 Å². The molecule has 1 atom stereocenters. The van der Waals surface area contributed by atoms with Crippen LogP contribution < -0.4 is 9.47 Å². The number of hydrogen-bond acceptors (Lipinski definition) is 6. The van der Waals surface area contributed by atoms with E-state index in [9.17, 15) is 9.90 Å². The zero-order valence-electron chi connectivity index (χ0n) is 19.0. The molecule has 0 aliphatic carbocycles. The summed E-state index contributed by atoms with van der Waals surface area (Å²) >= 11 is 0. The molecule has 7 heteroatoms. The van der Waals surface area contributed by atoms with Crippen LogP contribution in [0.2, 0.25) is 0 Å². The summed E-state index contributed by atoms with van der Waals surface area (Å²) in [5.74, 6) is -0.382. The van der Waals surface area contributed by atoms with Crippen LogP contribution in [-0.2, 0) is 17.9 Å². The van der Waals surface area contributed by atoms with Gasteiger partial charge >= 0.3 is 12.0 Å².